The molecule has 1 heterocycles. The Hall–Kier alpha value is -2.49. The maximum absolute atomic E-state index is 13.7. The number of ether oxygens (including phenoxy) is 2. The Bertz CT molecular complexity index is 1180. The van der Waals surface area contributed by atoms with Gasteiger partial charge in [0.25, 0.3) is 0 Å². The average molecular weight is 507 g/mol. The lowest BCUT2D eigenvalue weighted by Gasteiger charge is -2.39. The van der Waals surface area contributed by atoms with E-state index in [1.807, 2.05) is 13.0 Å². The highest BCUT2D eigenvalue weighted by Crippen LogP contribution is 2.66. The molecule has 1 aliphatic heterocycles. The van der Waals surface area contributed by atoms with Crippen LogP contribution in [-0.4, -0.2) is 22.8 Å². The van der Waals surface area contributed by atoms with Crippen molar-refractivity contribution in [2.75, 3.05) is 0 Å². The molecule has 0 amide bonds. The summed E-state index contributed by atoms with van der Waals surface area (Å²) in [7, 11) is 0. The molecular weight excluding hydrogens is 460 g/mol. The molecule has 37 heavy (non-hydrogen) atoms. The van der Waals surface area contributed by atoms with Crippen molar-refractivity contribution in [2.45, 2.75) is 113 Å². The number of esters is 1. The Balaban J connectivity index is 1.72. The predicted molar refractivity (Wildman–Crippen MR) is 150 cm³/mol. The first-order chi connectivity index (χ1) is 17.2. The largest absolute Gasteiger partial charge is 0.507 e. The first-order valence-corrected chi connectivity index (χ1v) is 13.9. The summed E-state index contributed by atoms with van der Waals surface area (Å²) in [5.74, 6) is 0.920. The Morgan fingerprint density at radius 1 is 1.11 bits per heavy atom. The van der Waals surface area contributed by atoms with Crippen molar-refractivity contribution in [1.82, 2.24) is 0 Å². The van der Waals surface area contributed by atoms with Crippen LogP contribution >= 0.6 is 0 Å². The second kappa shape index (κ2) is 9.67. The number of phenols is 1. The van der Waals surface area contributed by atoms with Gasteiger partial charge in [0.2, 0.25) is 0 Å². The van der Waals surface area contributed by atoms with Gasteiger partial charge in [0.05, 0.1) is 0 Å². The molecule has 0 saturated heterocycles. The third-order valence-electron chi connectivity index (χ3n) is 9.87. The summed E-state index contributed by atoms with van der Waals surface area (Å²) in [6.45, 7) is 19.2. The molecule has 2 saturated carbocycles. The third kappa shape index (κ3) is 4.77. The Morgan fingerprint density at radius 3 is 2.38 bits per heavy atom. The van der Waals surface area contributed by atoms with E-state index in [-0.39, 0.29) is 22.7 Å². The number of rotatable bonds is 6. The topological polar surface area (TPSA) is 55.8 Å². The molecule has 2 fully saturated rings. The molecule has 202 valence electrons. The maximum atomic E-state index is 13.7. The predicted octanol–water partition coefficient (Wildman–Crippen LogP) is 8.19. The van der Waals surface area contributed by atoms with Crippen LogP contribution in [0.25, 0.3) is 0 Å². The minimum Gasteiger partial charge on any atom is -0.507 e. The second-order valence-corrected chi connectivity index (χ2v) is 13.1. The lowest BCUT2D eigenvalue weighted by molar-refractivity contribution is -0.0245. The van der Waals surface area contributed by atoms with Crippen LogP contribution in [0.2, 0.25) is 0 Å². The number of carbonyl (C=O) groups excluding carboxylic acids is 1. The molecule has 4 rings (SSSR count). The van der Waals surface area contributed by atoms with Crippen molar-refractivity contribution in [2.24, 2.45) is 16.7 Å². The minimum atomic E-state index is -0.483. The molecule has 0 spiro atoms. The maximum Gasteiger partial charge on any atom is 0.342 e. The molecular formula is C33H46O4. The lowest BCUT2D eigenvalue weighted by Crippen LogP contribution is -2.38. The van der Waals surface area contributed by atoms with Crippen LogP contribution in [0.5, 0.6) is 11.5 Å². The van der Waals surface area contributed by atoms with E-state index in [1.54, 1.807) is 0 Å². The Labute approximate surface area is 223 Å². The summed E-state index contributed by atoms with van der Waals surface area (Å²) >= 11 is 0. The summed E-state index contributed by atoms with van der Waals surface area (Å²) in [4.78, 5) is 13.7. The number of allylic oxidation sites excluding steroid dienone is 5. The van der Waals surface area contributed by atoms with Crippen molar-refractivity contribution in [1.29, 1.82) is 0 Å². The van der Waals surface area contributed by atoms with Gasteiger partial charge in [0.15, 0.2) is 0 Å². The summed E-state index contributed by atoms with van der Waals surface area (Å²) in [6.07, 6.45) is 13.4. The van der Waals surface area contributed by atoms with E-state index in [0.29, 0.717) is 30.1 Å². The van der Waals surface area contributed by atoms with Crippen LogP contribution in [0.15, 0.2) is 35.5 Å². The van der Waals surface area contributed by atoms with Crippen LogP contribution < -0.4 is 4.74 Å². The molecule has 4 nitrogen and oxygen atoms in total. The van der Waals surface area contributed by atoms with Gasteiger partial charge in [-0.2, -0.15) is 0 Å². The fourth-order valence-electron chi connectivity index (χ4n) is 6.81. The number of hydrogen-bond acceptors (Lipinski definition) is 4. The highest BCUT2D eigenvalue weighted by atomic mass is 16.5. The fraction of sp³-hybridized carbons (Fsp3) is 0.606. The van der Waals surface area contributed by atoms with Gasteiger partial charge in [0.1, 0.15) is 28.8 Å². The summed E-state index contributed by atoms with van der Waals surface area (Å²) < 4.78 is 12.9. The molecule has 2 aliphatic carbocycles. The number of phenolic OH excluding ortho intramolecular Hbond substituents is 1. The molecule has 1 aromatic carbocycles. The van der Waals surface area contributed by atoms with Crippen molar-refractivity contribution >= 4 is 5.97 Å². The van der Waals surface area contributed by atoms with E-state index in [4.69, 9.17) is 9.47 Å². The van der Waals surface area contributed by atoms with E-state index >= 15 is 0 Å². The zero-order valence-electron chi connectivity index (χ0n) is 24.4. The van der Waals surface area contributed by atoms with Gasteiger partial charge in [-0.05, 0) is 103 Å². The molecule has 0 aromatic heterocycles. The Morgan fingerprint density at radius 2 is 1.81 bits per heavy atom. The third-order valence-corrected chi connectivity index (χ3v) is 9.87. The van der Waals surface area contributed by atoms with E-state index in [2.05, 4.69) is 73.6 Å². The van der Waals surface area contributed by atoms with Crippen molar-refractivity contribution in [3.05, 3.63) is 57.7 Å². The normalized spacial score (nSPS) is 29.5. The van der Waals surface area contributed by atoms with E-state index in [9.17, 15) is 9.90 Å². The van der Waals surface area contributed by atoms with Gasteiger partial charge < -0.3 is 14.6 Å². The van der Waals surface area contributed by atoms with Crippen LogP contribution in [-0.2, 0) is 17.6 Å². The fourth-order valence-corrected chi connectivity index (χ4v) is 6.81. The second-order valence-electron chi connectivity index (χ2n) is 13.1. The van der Waals surface area contributed by atoms with Gasteiger partial charge in [-0.3, -0.25) is 0 Å². The van der Waals surface area contributed by atoms with Gasteiger partial charge in [0, 0.05) is 16.5 Å². The van der Waals surface area contributed by atoms with Gasteiger partial charge >= 0.3 is 5.97 Å². The standard InChI is InChI=1S/C33H46O4/c1-20(2)11-10-16-32(8)17-15-25-28(34)27(22(5)24(29(25)37-32)13-12-21(3)4)30(35)36-26-19-23-14-18-33(26,9)31(23,6)7/h10-12,16,23,26,34H,13-15,17-19H2,1-9H3/b16-10+/t23-,26+,32+,33+/m0/s1. The van der Waals surface area contributed by atoms with Crippen LogP contribution in [0.1, 0.15) is 108 Å². The minimum absolute atomic E-state index is 0.0290. The lowest BCUT2D eigenvalue weighted by atomic mass is 9.70. The highest BCUT2D eigenvalue weighted by molar-refractivity contribution is 5.96. The number of fused-ring (bicyclic) bond motifs is 3. The van der Waals surface area contributed by atoms with Crippen LogP contribution in [0, 0.1) is 23.7 Å². The summed E-state index contributed by atoms with van der Waals surface area (Å²) in [5.41, 5.74) is 4.81. The summed E-state index contributed by atoms with van der Waals surface area (Å²) in [5, 5.41) is 11.5. The molecule has 1 aromatic rings. The molecule has 1 N–H and O–H groups in total. The zero-order chi connectivity index (χ0) is 27.3. The number of benzene rings is 1. The van der Waals surface area contributed by atoms with Crippen molar-refractivity contribution < 1.29 is 19.4 Å². The van der Waals surface area contributed by atoms with E-state index in [1.165, 1.54) is 17.6 Å². The Kier molecular flexibility index (Phi) is 7.20. The molecule has 0 unspecified atom stereocenters. The molecule has 0 radical (unpaired) electrons. The quantitative estimate of drug-likeness (QED) is 0.240. The van der Waals surface area contributed by atoms with Crippen LogP contribution in [0.4, 0.5) is 0 Å². The first kappa shape index (κ1) is 27.5. The SMILES string of the molecule is CC(C)=C/C=C/[C@]1(C)CCc2c(O)c(C(=O)O[C@@H]3C[C@@H]4CC[C@@]3(C)C4(C)C)c(C)c(CC=C(C)C)c2O1. The molecule has 4 atom stereocenters. The molecule has 3 aliphatic rings. The monoisotopic (exact) mass is 506 g/mol. The van der Waals surface area contributed by atoms with Gasteiger partial charge in [-0.15, -0.1) is 0 Å². The number of carbonyl (C=O) groups is 1. The highest BCUT2D eigenvalue weighted by Gasteiger charge is 2.63. The first-order valence-electron chi connectivity index (χ1n) is 13.9. The van der Waals surface area contributed by atoms with E-state index in [0.717, 1.165) is 36.0 Å². The summed E-state index contributed by atoms with van der Waals surface area (Å²) in [6, 6.07) is 0. The van der Waals surface area contributed by atoms with Gasteiger partial charge in [-0.25, -0.2) is 4.79 Å². The number of aromatic hydroxyl groups is 1. The van der Waals surface area contributed by atoms with Crippen molar-refractivity contribution in [3.63, 3.8) is 0 Å². The van der Waals surface area contributed by atoms with Crippen LogP contribution in [0.3, 0.4) is 0 Å². The van der Waals surface area contributed by atoms with Gasteiger partial charge in [-0.1, -0.05) is 50.1 Å². The average Bonchev–Trinajstić information content (AvgIpc) is 3.12. The zero-order valence-corrected chi connectivity index (χ0v) is 24.4. The molecule has 4 heteroatoms. The number of hydrogen-bond donors (Lipinski definition) is 1. The smallest absolute Gasteiger partial charge is 0.342 e. The van der Waals surface area contributed by atoms with Crippen molar-refractivity contribution in [3.8, 4) is 11.5 Å². The van der Waals surface area contributed by atoms with E-state index < -0.39 is 11.6 Å². The molecule has 2 bridgehead atoms.